The molecular formula is C11H22N2. The van der Waals surface area contributed by atoms with Crippen molar-refractivity contribution in [2.24, 2.45) is 0 Å². The van der Waals surface area contributed by atoms with Crippen LogP contribution in [0.15, 0.2) is 23.9 Å². The quantitative estimate of drug-likeness (QED) is 0.632. The number of allylic oxidation sites excluding steroid dienone is 3. The van der Waals surface area contributed by atoms with E-state index in [4.69, 9.17) is 0 Å². The molecule has 0 fully saturated rings. The molecule has 0 radical (unpaired) electrons. The smallest absolute Gasteiger partial charge is 0.0293 e. The van der Waals surface area contributed by atoms with Crippen molar-refractivity contribution in [3.63, 3.8) is 0 Å². The van der Waals surface area contributed by atoms with Gasteiger partial charge in [0.25, 0.3) is 0 Å². The summed E-state index contributed by atoms with van der Waals surface area (Å²) in [5.41, 5.74) is 1.20. The van der Waals surface area contributed by atoms with Gasteiger partial charge in [0.05, 0.1) is 0 Å². The molecule has 0 unspecified atom stereocenters. The van der Waals surface area contributed by atoms with E-state index >= 15 is 0 Å². The van der Waals surface area contributed by atoms with Gasteiger partial charge in [-0.2, -0.15) is 0 Å². The van der Waals surface area contributed by atoms with E-state index in [0.717, 1.165) is 19.6 Å². The van der Waals surface area contributed by atoms with Crippen LogP contribution < -0.4 is 5.32 Å². The number of nitrogens with one attached hydrogen (secondary N) is 1. The lowest BCUT2D eigenvalue weighted by Crippen LogP contribution is -2.28. The summed E-state index contributed by atoms with van der Waals surface area (Å²) in [6.45, 7) is 9.45. The standard InChI is InChI=1S/C11H22N2/c1-5-8-11(6-2)12-9-10-13(4)7-3/h5-6,8,12H,7,9-10H2,1-4H3/b8-5-,11-6+. The van der Waals surface area contributed by atoms with Gasteiger partial charge in [-0.15, -0.1) is 0 Å². The molecule has 76 valence electrons. The van der Waals surface area contributed by atoms with E-state index in [1.807, 2.05) is 19.9 Å². The summed E-state index contributed by atoms with van der Waals surface area (Å²) in [7, 11) is 2.13. The fourth-order valence-electron chi connectivity index (χ4n) is 0.986. The molecule has 0 aromatic heterocycles. The van der Waals surface area contributed by atoms with Gasteiger partial charge < -0.3 is 10.2 Å². The van der Waals surface area contributed by atoms with Gasteiger partial charge in [0.1, 0.15) is 0 Å². The highest BCUT2D eigenvalue weighted by Gasteiger charge is 1.93. The zero-order valence-corrected chi connectivity index (χ0v) is 9.30. The SMILES string of the molecule is C/C=C\C(=C/C)NCCN(C)CC. The van der Waals surface area contributed by atoms with E-state index in [9.17, 15) is 0 Å². The molecule has 0 rings (SSSR count). The van der Waals surface area contributed by atoms with Crippen molar-refractivity contribution in [1.29, 1.82) is 0 Å². The number of likely N-dealkylation sites (N-methyl/N-ethyl adjacent to an activating group) is 1. The van der Waals surface area contributed by atoms with Crippen molar-refractivity contribution in [3.05, 3.63) is 23.9 Å². The van der Waals surface area contributed by atoms with Gasteiger partial charge in [0.2, 0.25) is 0 Å². The fourth-order valence-corrected chi connectivity index (χ4v) is 0.986. The second kappa shape index (κ2) is 7.87. The van der Waals surface area contributed by atoms with Crippen LogP contribution in [0.2, 0.25) is 0 Å². The maximum atomic E-state index is 3.37. The fraction of sp³-hybridized carbons (Fsp3) is 0.636. The Morgan fingerprint density at radius 1 is 1.38 bits per heavy atom. The Bertz CT molecular complexity index is 171. The molecule has 0 aromatic carbocycles. The summed E-state index contributed by atoms with van der Waals surface area (Å²) in [6, 6.07) is 0. The van der Waals surface area contributed by atoms with Crippen molar-refractivity contribution in [2.75, 3.05) is 26.7 Å². The zero-order valence-electron chi connectivity index (χ0n) is 9.30. The highest BCUT2D eigenvalue weighted by Crippen LogP contribution is 1.90. The number of hydrogen-bond donors (Lipinski definition) is 1. The predicted molar refractivity (Wildman–Crippen MR) is 59.7 cm³/mol. The Balaban J connectivity index is 3.62. The largest absolute Gasteiger partial charge is 0.384 e. The van der Waals surface area contributed by atoms with Gasteiger partial charge in [0.15, 0.2) is 0 Å². The molecule has 0 atom stereocenters. The van der Waals surface area contributed by atoms with Crippen LogP contribution >= 0.6 is 0 Å². The molecule has 0 saturated carbocycles. The van der Waals surface area contributed by atoms with Crippen molar-refractivity contribution in [3.8, 4) is 0 Å². The lowest BCUT2D eigenvalue weighted by Gasteiger charge is -2.14. The molecule has 0 aliphatic carbocycles. The summed E-state index contributed by atoms with van der Waals surface area (Å²) in [5.74, 6) is 0. The lowest BCUT2D eigenvalue weighted by molar-refractivity contribution is 0.355. The second-order valence-corrected chi connectivity index (χ2v) is 3.07. The molecule has 0 heterocycles. The number of rotatable bonds is 6. The van der Waals surface area contributed by atoms with E-state index in [0.29, 0.717) is 0 Å². The van der Waals surface area contributed by atoms with E-state index < -0.39 is 0 Å². The Hall–Kier alpha value is -0.760. The molecule has 0 spiro atoms. The van der Waals surface area contributed by atoms with Gasteiger partial charge in [-0.05, 0) is 33.5 Å². The van der Waals surface area contributed by atoms with E-state index in [-0.39, 0.29) is 0 Å². The highest BCUT2D eigenvalue weighted by atomic mass is 15.1. The van der Waals surface area contributed by atoms with Crippen molar-refractivity contribution >= 4 is 0 Å². The van der Waals surface area contributed by atoms with E-state index in [1.165, 1.54) is 5.70 Å². The van der Waals surface area contributed by atoms with Crippen LogP contribution in [0, 0.1) is 0 Å². The maximum absolute atomic E-state index is 3.37. The first-order valence-electron chi connectivity index (χ1n) is 4.96. The Morgan fingerprint density at radius 2 is 2.08 bits per heavy atom. The number of nitrogens with zero attached hydrogens (tertiary/aromatic N) is 1. The van der Waals surface area contributed by atoms with Crippen LogP contribution in [-0.2, 0) is 0 Å². The summed E-state index contributed by atoms with van der Waals surface area (Å²) in [4.78, 5) is 2.29. The first kappa shape index (κ1) is 12.2. The average Bonchev–Trinajstić information content (AvgIpc) is 2.16. The third-order valence-corrected chi connectivity index (χ3v) is 2.02. The van der Waals surface area contributed by atoms with Crippen LogP contribution in [0.4, 0.5) is 0 Å². The van der Waals surface area contributed by atoms with Crippen molar-refractivity contribution in [1.82, 2.24) is 10.2 Å². The molecule has 0 aliphatic rings. The zero-order chi connectivity index (χ0) is 10.1. The average molecular weight is 182 g/mol. The molecule has 0 saturated heterocycles. The first-order chi connectivity index (χ1) is 6.24. The van der Waals surface area contributed by atoms with Crippen LogP contribution in [0.25, 0.3) is 0 Å². The van der Waals surface area contributed by atoms with Crippen molar-refractivity contribution in [2.45, 2.75) is 20.8 Å². The Kier molecular flexibility index (Phi) is 7.41. The minimum atomic E-state index is 1.01. The minimum Gasteiger partial charge on any atom is -0.384 e. The predicted octanol–water partition coefficient (Wildman–Crippen LogP) is 2.01. The topological polar surface area (TPSA) is 15.3 Å². The molecule has 2 nitrogen and oxygen atoms in total. The molecule has 0 aliphatic heterocycles. The highest BCUT2D eigenvalue weighted by molar-refractivity contribution is 5.14. The molecule has 13 heavy (non-hydrogen) atoms. The monoisotopic (exact) mass is 182 g/mol. The normalized spacial score (nSPS) is 12.8. The minimum absolute atomic E-state index is 1.01. The molecular weight excluding hydrogens is 160 g/mol. The van der Waals surface area contributed by atoms with Crippen LogP contribution in [0.5, 0.6) is 0 Å². The lowest BCUT2D eigenvalue weighted by atomic mass is 10.3. The summed E-state index contributed by atoms with van der Waals surface area (Å²) in [6.07, 6.45) is 6.23. The third kappa shape index (κ3) is 6.41. The van der Waals surface area contributed by atoms with Crippen LogP contribution in [0.1, 0.15) is 20.8 Å². The van der Waals surface area contributed by atoms with E-state index in [2.05, 4.69) is 36.3 Å². The summed E-state index contributed by atoms with van der Waals surface area (Å²) >= 11 is 0. The van der Waals surface area contributed by atoms with Gasteiger partial charge in [0, 0.05) is 18.8 Å². The Labute approximate surface area is 82.3 Å². The van der Waals surface area contributed by atoms with Crippen LogP contribution in [-0.4, -0.2) is 31.6 Å². The third-order valence-electron chi connectivity index (χ3n) is 2.02. The molecule has 2 heteroatoms. The number of hydrogen-bond acceptors (Lipinski definition) is 2. The second-order valence-electron chi connectivity index (χ2n) is 3.07. The van der Waals surface area contributed by atoms with Crippen molar-refractivity contribution < 1.29 is 0 Å². The van der Waals surface area contributed by atoms with Crippen LogP contribution in [0.3, 0.4) is 0 Å². The molecule has 1 N–H and O–H groups in total. The molecule has 0 bridgehead atoms. The van der Waals surface area contributed by atoms with Gasteiger partial charge in [-0.25, -0.2) is 0 Å². The van der Waals surface area contributed by atoms with Gasteiger partial charge in [-0.3, -0.25) is 0 Å². The van der Waals surface area contributed by atoms with E-state index in [1.54, 1.807) is 0 Å². The van der Waals surface area contributed by atoms with Gasteiger partial charge >= 0.3 is 0 Å². The van der Waals surface area contributed by atoms with Gasteiger partial charge in [-0.1, -0.05) is 19.1 Å². The maximum Gasteiger partial charge on any atom is 0.0293 e. The molecule has 0 aromatic rings. The molecule has 0 amide bonds. The summed E-state index contributed by atoms with van der Waals surface area (Å²) < 4.78 is 0. The summed E-state index contributed by atoms with van der Waals surface area (Å²) in [5, 5.41) is 3.37. The Morgan fingerprint density at radius 3 is 2.54 bits per heavy atom. The first-order valence-corrected chi connectivity index (χ1v) is 4.96.